The van der Waals surface area contributed by atoms with Gasteiger partial charge in [0.25, 0.3) is 5.09 Å². The summed E-state index contributed by atoms with van der Waals surface area (Å²) in [5.74, 6) is -0.763. The Labute approximate surface area is 231 Å². The molecule has 0 aromatic carbocycles. The van der Waals surface area contributed by atoms with Crippen LogP contribution in [0.2, 0.25) is 0 Å². The maximum Gasteiger partial charge on any atom is 0.325 e. The Kier molecular flexibility index (Phi) is 18.9. The second kappa shape index (κ2) is 21.3. The Morgan fingerprint density at radius 1 is 0.923 bits per heavy atom. The smallest absolute Gasteiger partial charge is 0.325 e. The summed E-state index contributed by atoms with van der Waals surface area (Å²) in [4.78, 5) is 50.0. The summed E-state index contributed by atoms with van der Waals surface area (Å²) in [6.45, 7) is 1.98. The van der Waals surface area contributed by atoms with Crippen molar-refractivity contribution in [3.05, 3.63) is 22.3 Å². The van der Waals surface area contributed by atoms with Crippen molar-refractivity contribution in [1.29, 1.82) is 0 Å². The Morgan fingerprint density at radius 3 is 2.38 bits per heavy atom. The molecular formula is C28H48N2O9. The molecular weight excluding hydrogens is 508 g/mol. The number of amides is 1. The van der Waals surface area contributed by atoms with Crippen molar-refractivity contribution in [2.75, 3.05) is 19.8 Å². The van der Waals surface area contributed by atoms with Crippen LogP contribution in [0.1, 0.15) is 103 Å². The number of unbranched alkanes of at least 4 members (excludes halogenated alkanes) is 6. The standard InChI is InChI=1S/C28H48N2O9/c1-2-3-4-5-8-13-22(31)16-17-24-23(25(32)20-26(24)33)14-9-6-7-10-15-27(34)29-21-28(35)38-18-11-12-19-39-30(36)37/h6,9,23-26,32-33H,2-5,7-8,10-21H2,1H3,(H,29,34)/b9-6-/t23-,24-,25+,26-/m1/s1. The lowest BCUT2D eigenvalue weighted by molar-refractivity contribution is -0.757. The molecule has 11 nitrogen and oxygen atoms in total. The minimum Gasteiger partial charge on any atom is -0.464 e. The third kappa shape index (κ3) is 16.9. The van der Waals surface area contributed by atoms with Crippen molar-refractivity contribution < 1.29 is 39.3 Å². The fourth-order valence-corrected chi connectivity index (χ4v) is 4.88. The number of allylic oxidation sites excluding steroid dienone is 2. The third-order valence-electron chi connectivity index (χ3n) is 7.11. The van der Waals surface area contributed by atoms with Gasteiger partial charge in [-0.15, -0.1) is 10.1 Å². The zero-order valence-corrected chi connectivity index (χ0v) is 23.4. The van der Waals surface area contributed by atoms with Crippen molar-refractivity contribution >= 4 is 17.7 Å². The van der Waals surface area contributed by atoms with E-state index in [9.17, 15) is 34.7 Å². The number of ketones is 1. The summed E-state index contributed by atoms with van der Waals surface area (Å²) in [6, 6.07) is 0. The van der Waals surface area contributed by atoms with Gasteiger partial charge in [-0.25, -0.2) is 0 Å². The first-order valence-corrected chi connectivity index (χ1v) is 14.5. The van der Waals surface area contributed by atoms with E-state index in [-0.39, 0.29) is 49.7 Å². The molecule has 224 valence electrons. The van der Waals surface area contributed by atoms with Crippen LogP contribution in [0.25, 0.3) is 0 Å². The molecule has 1 aliphatic carbocycles. The molecule has 3 N–H and O–H groups in total. The molecule has 0 spiro atoms. The normalized spacial score (nSPS) is 20.7. The van der Waals surface area contributed by atoms with Gasteiger partial charge in [0.2, 0.25) is 5.91 Å². The number of rotatable bonds is 23. The van der Waals surface area contributed by atoms with E-state index in [1.165, 1.54) is 19.3 Å². The Morgan fingerprint density at radius 2 is 1.64 bits per heavy atom. The van der Waals surface area contributed by atoms with E-state index in [0.29, 0.717) is 57.8 Å². The lowest BCUT2D eigenvalue weighted by Crippen LogP contribution is -2.30. The van der Waals surface area contributed by atoms with Crippen molar-refractivity contribution in [2.45, 2.75) is 115 Å². The van der Waals surface area contributed by atoms with E-state index < -0.39 is 23.3 Å². The van der Waals surface area contributed by atoms with Crippen LogP contribution in [0.4, 0.5) is 0 Å². The number of Topliss-reactive ketones (excluding diaryl/α,β-unsaturated/α-hetero) is 1. The van der Waals surface area contributed by atoms with Crippen LogP contribution in [-0.2, 0) is 24.0 Å². The number of ether oxygens (including phenoxy) is 1. The van der Waals surface area contributed by atoms with Crippen LogP contribution < -0.4 is 5.32 Å². The van der Waals surface area contributed by atoms with E-state index in [0.717, 1.165) is 12.8 Å². The van der Waals surface area contributed by atoms with Gasteiger partial charge in [-0.05, 0) is 63.2 Å². The molecule has 1 amide bonds. The van der Waals surface area contributed by atoms with Crippen LogP contribution in [0.15, 0.2) is 12.2 Å². The summed E-state index contributed by atoms with van der Waals surface area (Å²) in [5, 5.41) is 32.5. The van der Waals surface area contributed by atoms with Gasteiger partial charge in [-0.3, -0.25) is 14.4 Å². The van der Waals surface area contributed by atoms with Crippen molar-refractivity contribution in [3.63, 3.8) is 0 Å². The lowest BCUT2D eigenvalue weighted by Gasteiger charge is -2.22. The van der Waals surface area contributed by atoms with Crippen molar-refractivity contribution in [2.24, 2.45) is 11.8 Å². The summed E-state index contributed by atoms with van der Waals surface area (Å²) >= 11 is 0. The number of carbonyl (C=O) groups is 3. The fourth-order valence-electron chi connectivity index (χ4n) is 4.88. The largest absolute Gasteiger partial charge is 0.464 e. The SMILES string of the molecule is CCCCCCCC(=O)CC[C@@H]1[C@@H](C/C=C\CCCC(=O)NCC(=O)OCCCCO[N+](=O)[O-])[C@@H](O)C[C@H]1O. The van der Waals surface area contributed by atoms with Gasteiger partial charge >= 0.3 is 5.97 Å². The molecule has 0 aliphatic heterocycles. The quantitative estimate of drug-likeness (QED) is 0.0557. The summed E-state index contributed by atoms with van der Waals surface area (Å²) in [5.41, 5.74) is 0. The lowest BCUT2D eigenvalue weighted by atomic mass is 9.86. The highest BCUT2D eigenvalue weighted by Crippen LogP contribution is 2.38. The van der Waals surface area contributed by atoms with Crippen LogP contribution in [0.5, 0.6) is 0 Å². The molecule has 1 aliphatic rings. The molecule has 0 bridgehead atoms. The molecule has 4 atom stereocenters. The minimum atomic E-state index is -0.874. The fraction of sp³-hybridized carbons (Fsp3) is 0.821. The highest BCUT2D eigenvalue weighted by atomic mass is 16.9. The number of aliphatic hydroxyl groups excluding tert-OH is 2. The topological polar surface area (TPSA) is 165 Å². The second-order valence-electron chi connectivity index (χ2n) is 10.3. The van der Waals surface area contributed by atoms with Crippen LogP contribution >= 0.6 is 0 Å². The number of esters is 1. The van der Waals surface area contributed by atoms with Crippen LogP contribution in [0.3, 0.4) is 0 Å². The number of aliphatic hydroxyl groups is 2. The van der Waals surface area contributed by atoms with Gasteiger partial charge < -0.3 is 25.1 Å². The van der Waals surface area contributed by atoms with Gasteiger partial charge in [0, 0.05) is 19.3 Å². The predicted octanol–water partition coefficient (Wildman–Crippen LogP) is 3.82. The molecule has 1 saturated carbocycles. The van der Waals surface area contributed by atoms with E-state index in [1.54, 1.807) is 0 Å². The van der Waals surface area contributed by atoms with Gasteiger partial charge in [0.15, 0.2) is 0 Å². The molecule has 11 heteroatoms. The molecule has 0 heterocycles. The van der Waals surface area contributed by atoms with Crippen molar-refractivity contribution in [3.8, 4) is 0 Å². The van der Waals surface area contributed by atoms with E-state index >= 15 is 0 Å². The predicted molar refractivity (Wildman–Crippen MR) is 145 cm³/mol. The maximum absolute atomic E-state index is 12.3. The molecule has 0 aromatic rings. The first-order valence-electron chi connectivity index (χ1n) is 14.5. The number of hydrogen-bond acceptors (Lipinski definition) is 9. The van der Waals surface area contributed by atoms with Gasteiger partial charge in [0.1, 0.15) is 12.3 Å². The average Bonchev–Trinajstić information content (AvgIpc) is 3.16. The molecule has 0 radical (unpaired) electrons. The highest BCUT2D eigenvalue weighted by molar-refractivity contribution is 5.81. The summed E-state index contributed by atoms with van der Waals surface area (Å²) < 4.78 is 4.94. The molecule has 1 rings (SSSR count). The highest BCUT2D eigenvalue weighted by Gasteiger charge is 2.40. The number of nitrogens with one attached hydrogen (secondary N) is 1. The van der Waals surface area contributed by atoms with E-state index in [4.69, 9.17) is 4.74 Å². The zero-order chi connectivity index (χ0) is 28.9. The average molecular weight is 557 g/mol. The zero-order valence-electron chi connectivity index (χ0n) is 23.4. The Bertz CT molecular complexity index is 759. The molecule has 1 fully saturated rings. The van der Waals surface area contributed by atoms with Gasteiger partial charge in [0.05, 0.1) is 25.4 Å². The summed E-state index contributed by atoms with van der Waals surface area (Å²) in [7, 11) is 0. The Hall–Kier alpha value is -2.53. The number of nitrogens with zero attached hydrogens (tertiary/aromatic N) is 1. The van der Waals surface area contributed by atoms with E-state index in [2.05, 4.69) is 17.1 Å². The molecule has 0 saturated heterocycles. The third-order valence-corrected chi connectivity index (χ3v) is 7.11. The van der Waals surface area contributed by atoms with Crippen molar-refractivity contribution in [1.82, 2.24) is 5.32 Å². The molecule has 39 heavy (non-hydrogen) atoms. The monoisotopic (exact) mass is 556 g/mol. The van der Waals surface area contributed by atoms with Crippen LogP contribution in [0, 0.1) is 22.0 Å². The van der Waals surface area contributed by atoms with E-state index in [1.807, 2.05) is 12.2 Å². The first-order chi connectivity index (χ1) is 18.7. The molecule has 0 unspecified atom stereocenters. The van der Waals surface area contributed by atoms with Gasteiger partial charge in [-0.1, -0.05) is 44.8 Å². The van der Waals surface area contributed by atoms with Gasteiger partial charge in [-0.2, -0.15) is 0 Å². The van der Waals surface area contributed by atoms with Crippen LogP contribution in [-0.4, -0.2) is 64.9 Å². The Balaban J connectivity index is 2.18. The number of carbonyl (C=O) groups excluding carboxylic acids is 3. The molecule has 0 aromatic heterocycles. The first kappa shape index (κ1) is 34.5. The summed E-state index contributed by atoms with van der Waals surface area (Å²) in [6.07, 6.45) is 13.2. The minimum absolute atomic E-state index is 0.0557. The number of hydrogen-bond donors (Lipinski definition) is 3. The maximum atomic E-state index is 12.3. The second-order valence-corrected chi connectivity index (χ2v) is 10.3.